The van der Waals surface area contributed by atoms with E-state index in [1.165, 1.54) is 0 Å². The van der Waals surface area contributed by atoms with Crippen LogP contribution in [0.15, 0.2) is 34.6 Å². The van der Waals surface area contributed by atoms with Crippen molar-refractivity contribution in [3.63, 3.8) is 0 Å². The number of hydrogen-bond donors (Lipinski definition) is 1. The molecular formula is C15H16N4OS. The van der Waals surface area contributed by atoms with E-state index < -0.39 is 0 Å². The third-order valence-electron chi connectivity index (χ3n) is 3.18. The van der Waals surface area contributed by atoms with Gasteiger partial charge in [-0.1, -0.05) is 0 Å². The topological polar surface area (TPSA) is 59.8 Å². The van der Waals surface area contributed by atoms with Crippen LogP contribution < -0.4 is 10.9 Å². The molecule has 21 heavy (non-hydrogen) atoms. The number of rotatable bonds is 4. The van der Waals surface area contributed by atoms with Crippen molar-refractivity contribution in [2.45, 2.75) is 20.4 Å². The average Bonchev–Trinajstić information content (AvgIpc) is 2.91. The van der Waals surface area contributed by atoms with Crippen LogP contribution in [0.4, 0.5) is 5.82 Å². The molecule has 0 aliphatic carbocycles. The van der Waals surface area contributed by atoms with Crippen molar-refractivity contribution in [2.75, 3.05) is 11.9 Å². The van der Waals surface area contributed by atoms with E-state index in [1.807, 2.05) is 31.4 Å². The fourth-order valence-corrected chi connectivity index (χ4v) is 2.95. The van der Waals surface area contributed by atoms with E-state index in [2.05, 4.69) is 15.3 Å². The lowest BCUT2D eigenvalue weighted by Gasteiger charge is -2.08. The Morgan fingerprint density at radius 2 is 2.19 bits per heavy atom. The highest BCUT2D eigenvalue weighted by Crippen LogP contribution is 2.25. The maximum absolute atomic E-state index is 12.0. The van der Waals surface area contributed by atoms with Crippen LogP contribution in [0.3, 0.4) is 0 Å². The highest BCUT2D eigenvalue weighted by atomic mass is 32.1. The number of aryl methyl sites for hydroxylation is 1. The van der Waals surface area contributed by atoms with Crippen molar-refractivity contribution in [3.8, 4) is 0 Å². The van der Waals surface area contributed by atoms with Gasteiger partial charge in [-0.3, -0.25) is 4.79 Å². The lowest BCUT2D eigenvalue weighted by Crippen LogP contribution is -2.20. The summed E-state index contributed by atoms with van der Waals surface area (Å²) in [7, 11) is 0. The van der Waals surface area contributed by atoms with Gasteiger partial charge in [-0.05, 0) is 36.9 Å². The molecule has 0 unspecified atom stereocenters. The van der Waals surface area contributed by atoms with Crippen LogP contribution in [0.2, 0.25) is 0 Å². The van der Waals surface area contributed by atoms with Gasteiger partial charge in [-0.15, -0.1) is 11.3 Å². The molecule has 0 saturated carbocycles. The zero-order chi connectivity index (χ0) is 14.8. The molecule has 0 spiro atoms. The van der Waals surface area contributed by atoms with Crippen LogP contribution in [-0.2, 0) is 6.54 Å². The summed E-state index contributed by atoms with van der Waals surface area (Å²) in [6.07, 6.45) is 1.78. The van der Waals surface area contributed by atoms with Gasteiger partial charge in [0, 0.05) is 18.8 Å². The van der Waals surface area contributed by atoms with Crippen LogP contribution >= 0.6 is 11.3 Å². The van der Waals surface area contributed by atoms with Gasteiger partial charge in [0.1, 0.15) is 10.6 Å². The van der Waals surface area contributed by atoms with E-state index in [1.54, 1.807) is 28.2 Å². The van der Waals surface area contributed by atoms with Gasteiger partial charge < -0.3 is 9.88 Å². The summed E-state index contributed by atoms with van der Waals surface area (Å²) in [5.74, 6) is 1.48. The minimum Gasteiger partial charge on any atom is -0.370 e. The fourth-order valence-electron chi connectivity index (χ4n) is 2.16. The second-order valence-corrected chi connectivity index (χ2v) is 5.72. The molecule has 0 amide bonds. The van der Waals surface area contributed by atoms with E-state index in [9.17, 15) is 4.79 Å². The molecular weight excluding hydrogens is 284 g/mol. The average molecular weight is 300 g/mol. The molecule has 0 aliphatic heterocycles. The van der Waals surface area contributed by atoms with Crippen LogP contribution in [-0.4, -0.2) is 21.1 Å². The van der Waals surface area contributed by atoms with E-state index in [0.29, 0.717) is 12.4 Å². The summed E-state index contributed by atoms with van der Waals surface area (Å²) in [4.78, 5) is 22.0. The van der Waals surface area contributed by atoms with Crippen molar-refractivity contribution < 1.29 is 0 Å². The van der Waals surface area contributed by atoms with E-state index in [4.69, 9.17) is 0 Å². The third kappa shape index (κ3) is 2.80. The molecule has 0 aromatic carbocycles. The van der Waals surface area contributed by atoms with Gasteiger partial charge in [-0.25, -0.2) is 9.97 Å². The SMILES string of the molecule is CCNc1nc(Cn2ccc(C)cc2=O)nc2sccc12. The molecule has 3 aromatic heterocycles. The molecule has 0 atom stereocenters. The van der Waals surface area contributed by atoms with Crippen molar-refractivity contribution in [3.05, 3.63) is 51.5 Å². The molecule has 3 rings (SSSR count). The van der Waals surface area contributed by atoms with Crippen molar-refractivity contribution >= 4 is 27.4 Å². The molecule has 3 aromatic rings. The lowest BCUT2D eigenvalue weighted by atomic mass is 10.3. The zero-order valence-corrected chi connectivity index (χ0v) is 12.8. The minimum absolute atomic E-state index is 0.0325. The first-order valence-corrected chi connectivity index (χ1v) is 7.70. The summed E-state index contributed by atoms with van der Waals surface area (Å²) in [6.45, 7) is 5.12. The molecule has 0 radical (unpaired) electrons. The molecule has 3 heterocycles. The van der Waals surface area contributed by atoms with Gasteiger partial charge in [-0.2, -0.15) is 0 Å². The molecule has 0 fully saturated rings. The lowest BCUT2D eigenvalue weighted by molar-refractivity contribution is 0.718. The van der Waals surface area contributed by atoms with E-state index >= 15 is 0 Å². The fraction of sp³-hybridized carbons (Fsp3) is 0.267. The zero-order valence-electron chi connectivity index (χ0n) is 12.0. The van der Waals surface area contributed by atoms with Crippen LogP contribution in [0.5, 0.6) is 0 Å². The van der Waals surface area contributed by atoms with Crippen molar-refractivity contribution in [2.24, 2.45) is 0 Å². The third-order valence-corrected chi connectivity index (χ3v) is 3.99. The second-order valence-electron chi connectivity index (χ2n) is 4.83. The van der Waals surface area contributed by atoms with Gasteiger partial charge >= 0.3 is 0 Å². The first-order valence-electron chi connectivity index (χ1n) is 6.82. The second kappa shape index (κ2) is 5.65. The Hall–Kier alpha value is -2.21. The number of hydrogen-bond acceptors (Lipinski definition) is 5. The van der Waals surface area contributed by atoms with Crippen molar-refractivity contribution in [1.82, 2.24) is 14.5 Å². The number of nitrogens with zero attached hydrogens (tertiary/aromatic N) is 3. The molecule has 0 aliphatic rings. The molecule has 5 nitrogen and oxygen atoms in total. The largest absolute Gasteiger partial charge is 0.370 e. The van der Waals surface area contributed by atoms with Gasteiger partial charge in [0.25, 0.3) is 5.56 Å². The molecule has 1 N–H and O–H groups in total. The van der Waals surface area contributed by atoms with E-state index in [0.717, 1.165) is 28.1 Å². The Kier molecular flexibility index (Phi) is 3.70. The summed E-state index contributed by atoms with van der Waals surface area (Å²) in [6, 6.07) is 5.55. The van der Waals surface area contributed by atoms with Crippen LogP contribution in [0.25, 0.3) is 10.2 Å². The summed E-state index contributed by atoms with van der Waals surface area (Å²) in [5, 5.41) is 6.29. The normalized spacial score (nSPS) is 11.0. The Morgan fingerprint density at radius 1 is 1.33 bits per heavy atom. The van der Waals surface area contributed by atoms with Gasteiger partial charge in [0.15, 0.2) is 5.82 Å². The predicted octanol–water partition coefficient (Wildman–Crippen LogP) is 2.64. The maximum atomic E-state index is 12.0. The number of pyridine rings is 1. The first-order chi connectivity index (χ1) is 10.2. The van der Waals surface area contributed by atoms with Crippen LogP contribution in [0, 0.1) is 6.92 Å². The molecule has 6 heteroatoms. The highest BCUT2D eigenvalue weighted by Gasteiger charge is 2.09. The number of nitrogens with one attached hydrogen (secondary N) is 1. The number of anilines is 1. The molecule has 108 valence electrons. The van der Waals surface area contributed by atoms with E-state index in [-0.39, 0.29) is 5.56 Å². The van der Waals surface area contributed by atoms with Crippen LogP contribution in [0.1, 0.15) is 18.3 Å². The molecule has 0 saturated heterocycles. The maximum Gasteiger partial charge on any atom is 0.251 e. The molecule has 0 bridgehead atoms. The quantitative estimate of drug-likeness (QED) is 0.804. The standard InChI is InChI=1S/C15H16N4OS/c1-3-16-14-11-5-7-21-15(11)18-12(17-14)9-19-6-4-10(2)8-13(19)20/h4-8H,3,9H2,1-2H3,(H,16,17,18). The van der Waals surface area contributed by atoms with Gasteiger partial charge in [0.05, 0.1) is 11.9 Å². The summed E-state index contributed by atoms with van der Waals surface area (Å²) in [5.41, 5.74) is 0.925. The minimum atomic E-state index is -0.0325. The number of fused-ring (bicyclic) bond motifs is 1. The summed E-state index contributed by atoms with van der Waals surface area (Å²) >= 11 is 1.58. The Labute approximate surface area is 126 Å². The van der Waals surface area contributed by atoms with Crippen molar-refractivity contribution in [1.29, 1.82) is 0 Å². The predicted molar refractivity (Wildman–Crippen MR) is 86.1 cm³/mol. The first kappa shape index (κ1) is 13.8. The number of aromatic nitrogens is 3. The Bertz CT molecular complexity index is 837. The highest BCUT2D eigenvalue weighted by molar-refractivity contribution is 7.16. The monoisotopic (exact) mass is 300 g/mol. The Balaban J connectivity index is 2.02. The Morgan fingerprint density at radius 3 is 2.95 bits per heavy atom. The smallest absolute Gasteiger partial charge is 0.251 e. The summed E-state index contributed by atoms with van der Waals surface area (Å²) < 4.78 is 1.62. The number of thiophene rings is 1. The van der Waals surface area contributed by atoms with Gasteiger partial charge in [0.2, 0.25) is 0 Å².